The van der Waals surface area contributed by atoms with Crippen LogP contribution in [0.2, 0.25) is 0 Å². The molecule has 1 unspecified atom stereocenters. The van der Waals surface area contributed by atoms with Gasteiger partial charge in [0.15, 0.2) is 0 Å². The summed E-state index contributed by atoms with van der Waals surface area (Å²) in [5.41, 5.74) is 1.04. The third kappa shape index (κ3) is 3.68. The molecule has 1 aromatic heterocycles. The van der Waals surface area contributed by atoms with Gasteiger partial charge in [0, 0.05) is 25.2 Å². The van der Waals surface area contributed by atoms with Gasteiger partial charge in [0.1, 0.15) is 0 Å². The molecule has 0 aliphatic carbocycles. The number of hydrogen-bond donors (Lipinski definition) is 1. The van der Waals surface area contributed by atoms with Gasteiger partial charge in [-0.2, -0.15) is 0 Å². The minimum absolute atomic E-state index is 0.585. The normalized spacial score (nSPS) is 21.4. The lowest BCUT2D eigenvalue weighted by Gasteiger charge is -2.30. The van der Waals surface area contributed by atoms with Crippen molar-refractivity contribution < 1.29 is 4.74 Å². The standard InChI is InChI=1S/C13H21N3O/c1-16-8-4-6-12(10-16)14-9-11-5-3-7-13(15-11)17-2/h3,5,7,12,14H,4,6,8-10H2,1-2H3. The fourth-order valence-corrected chi connectivity index (χ4v) is 2.25. The molecule has 1 saturated heterocycles. The number of hydrogen-bond acceptors (Lipinski definition) is 4. The van der Waals surface area contributed by atoms with Gasteiger partial charge in [-0.15, -0.1) is 0 Å². The van der Waals surface area contributed by atoms with Gasteiger partial charge in [-0.05, 0) is 32.5 Å². The largest absolute Gasteiger partial charge is 0.481 e. The number of nitrogens with one attached hydrogen (secondary N) is 1. The third-order valence-corrected chi connectivity index (χ3v) is 3.19. The lowest BCUT2D eigenvalue weighted by molar-refractivity contribution is 0.226. The summed E-state index contributed by atoms with van der Waals surface area (Å²) in [6.07, 6.45) is 2.54. The predicted octanol–water partition coefficient (Wildman–Crippen LogP) is 1.27. The first kappa shape index (κ1) is 12.3. The SMILES string of the molecule is COc1cccc(CNC2CCCN(C)C2)n1. The van der Waals surface area contributed by atoms with Gasteiger partial charge >= 0.3 is 0 Å². The molecule has 0 spiro atoms. The maximum absolute atomic E-state index is 5.12. The van der Waals surface area contributed by atoms with E-state index in [1.165, 1.54) is 19.4 Å². The molecular weight excluding hydrogens is 214 g/mol. The van der Waals surface area contributed by atoms with E-state index in [-0.39, 0.29) is 0 Å². The fraction of sp³-hybridized carbons (Fsp3) is 0.615. The van der Waals surface area contributed by atoms with E-state index in [0.29, 0.717) is 11.9 Å². The van der Waals surface area contributed by atoms with Gasteiger partial charge in [0.05, 0.1) is 12.8 Å². The third-order valence-electron chi connectivity index (χ3n) is 3.19. The molecule has 1 aliphatic rings. The minimum atomic E-state index is 0.585. The van der Waals surface area contributed by atoms with Crippen LogP contribution in [-0.4, -0.2) is 43.2 Å². The molecule has 2 heterocycles. The first-order valence-electron chi connectivity index (χ1n) is 6.20. The summed E-state index contributed by atoms with van der Waals surface area (Å²) in [5.74, 6) is 0.685. The molecule has 1 aromatic rings. The summed E-state index contributed by atoms with van der Waals surface area (Å²) >= 11 is 0. The Kier molecular flexibility index (Phi) is 4.34. The second-order valence-corrected chi connectivity index (χ2v) is 4.65. The smallest absolute Gasteiger partial charge is 0.213 e. The van der Waals surface area contributed by atoms with E-state index < -0.39 is 0 Å². The molecule has 0 amide bonds. The Morgan fingerprint density at radius 2 is 2.41 bits per heavy atom. The summed E-state index contributed by atoms with van der Waals surface area (Å²) in [6, 6.07) is 6.47. The van der Waals surface area contributed by atoms with Gasteiger partial charge in [-0.25, -0.2) is 4.98 Å². The zero-order chi connectivity index (χ0) is 12.1. The van der Waals surface area contributed by atoms with Crippen LogP contribution >= 0.6 is 0 Å². The Morgan fingerprint density at radius 1 is 1.53 bits per heavy atom. The molecule has 1 N–H and O–H groups in total. The minimum Gasteiger partial charge on any atom is -0.481 e. The van der Waals surface area contributed by atoms with E-state index in [0.717, 1.165) is 18.8 Å². The number of ether oxygens (including phenoxy) is 1. The van der Waals surface area contributed by atoms with Crippen LogP contribution in [-0.2, 0) is 6.54 Å². The summed E-state index contributed by atoms with van der Waals surface area (Å²) in [7, 11) is 3.83. The molecule has 0 bridgehead atoms. The molecule has 94 valence electrons. The van der Waals surface area contributed by atoms with Gasteiger partial charge in [-0.3, -0.25) is 0 Å². The van der Waals surface area contributed by atoms with E-state index in [1.807, 2.05) is 18.2 Å². The lowest BCUT2D eigenvalue weighted by atomic mass is 10.1. The van der Waals surface area contributed by atoms with Crippen molar-refractivity contribution in [3.63, 3.8) is 0 Å². The topological polar surface area (TPSA) is 37.4 Å². The molecule has 1 aliphatic heterocycles. The lowest BCUT2D eigenvalue weighted by Crippen LogP contribution is -2.43. The zero-order valence-electron chi connectivity index (χ0n) is 10.6. The van der Waals surface area contributed by atoms with Gasteiger partial charge < -0.3 is 15.0 Å². The molecule has 1 atom stereocenters. The van der Waals surface area contributed by atoms with E-state index in [1.54, 1.807) is 7.11 Å². The molecule has 17 heavy (non-hydrogen) atoms. The maximum atomic E-state index is 5.12. The Bertz CT molecular complexity index is 356. The molecule has 0 aromatic carbocycles. The van der Waals surface area contributed by atoms with Crippen molar-refractivity contribution in [1.82, 2.24) is 15.2 Å². The van der Waals surface area contributed by atoms with Crippen molar-refractivity contribution in [2.24, 2.45) is 0 Å². The molecule has 0 radical (unpaired) electrons. The van der Waals surface area contributed by atoms with Crippen LogP contribution in [0.15, 0.2) is 18.2 Å². The number of likely N-dealkylation sites (tertiary alicyclic amines) is 1. The van der Waals surface area contributed by atoms with Crippen LogP contribution in [0.1, 0.15) is 18.5 Å². The van der Waals surface area contributed by atoms with Crippen molar-refractivity contribution in [1.29, 1.82) is 0 Å². The molecule has 2 rings (SSSR count). The van der Waals surface area contributed by atoms with Crippen molar-refractivity contribution in [2.75, 3.05) is 27.2 Å². The Balaban J connectivity index is 1.84. The molecule has 4 heteroatoms. The van der Waals surface area contributed by atoms with Crippen LogP contribution in [0.3, 0.4) is 0 Å². The molecular formula is C13H21N3O. The highest BCUT2D eigenvalue weighted by Gasteiger charge is 2.16. The first-order chi connectivity index (χ1) is 8.28. The number of methoxy groups -OCH3 is 1. The number of likely N-dealkylation sites (N-methyl/N-ethyl adjacent to an activating group) is 1. The van der Waals surface area contributed by atoms with E-state index in [2.05, 4.69) is 22.2 Å². The van der Waals surface area contributed by atoms with Crippen LogP contribution in [0, 0.1) is 0 Å². The van der Waals surface area contributed by atoms with Gasteiger partial charge in [-0.1, -0.05) is 6.07 Å². The highest BCUT2D eigenvalue weighted by Crippen LogP contribution is 2.10. The van der Waals surface area contributed by atoms with Crippen molar-refractivity contribution in [3.8, 4) is 5.88 Å². The fourth-order valence-electron chi connectivity index (χ4n) is 2.25. The molecule has 0 saturated carbocycles. The van der Waals surface area contributed by atoms with Crippen molar-refractivity contribution >= 4 is 0 Å². The van der Waals surface area contributed by atoms with E-state index in [9.17, 15) is 0 Å². The molecule has 4 nitrogen and oxygen atoms in total. The monoisotopic (exact) mass is 235 g/mol. The van der Waals surface area contributed by atoms with Crippen LogP contribution < -0.4 is 10.1 Å². The number of piperidine rings is 1. The van der Waals surface area contributed by atoms with Crippen LogP contribution in [0.25, 0.3) is 0 Å². The summed E-state index contributed by atoms with van der Waals surface area (Å²) in [4.78, 5) is 6.77. The van der Waals surface area contributed by atoms with Crippen molar-refractivity contribution in [3.05, 3.63) is 23.9 Å². The van der Waals surface area contributed by atoms with E-state index in [4.69, 9.17) is 4.74 Å². The second-order valence-electron chi connectivity index (χ2n) is 4.65. The Hall–Kier alpha value is -1.13. The zero-order valence-corrected chi connectivity index (χ0v) is 10.6. The molecule has 1 fully saturated rings. The summed E-state index contributed by atoms with van der Waals surface area (Å²) in [5, 5.41) is 3.56. The van der Waals surface area contributed by atoms with E-state index >= 15 is 0 Å². The average Bonchev–Trinajstić information content (AvgIpc) is 2.37. The van der Waals surface area contributed by atoms with Crippen LogP contribution in [0.4, 0.5) is 0 Å². The number of aromatic nitrogens is 1. The van der Waals surface area contributed by atoms with Gasteiger partial charge in [0.25, 0.3) is 0 Å². The van der Waals surface area contributed by atoms with Gasteiger partial charge in [0.2, 0.25) is 5.88 Å². The first-order valence-corrected chi connectivity index (χ1v) is 6.20. The highest BCUT2D eigenvalue weighted by molar-refractivity contribution is 5.15. The summed E-state index contributed by atoms with van der Waals surface area (Å²) < 4.78 is 5.12. The quantitative estimate of drug-likeness (QED) is 0.853. The van der Waals surface area contributed by atoms with Crippen molar-refractivity contribution in [2.45, 2.75) is 25.4 Å². The second kappa shape index (κ2) is 5.98. The Labute approximate surface area is 103 Å². The summed E-state index contributed by atoms with van der Waals surface area (Å²) in [6.45, 7) is 3.16. The number of pyridine rings is 1. The maximum Gasteiger partial charge on any atom is 0.213 e. The Morgan fingerprint density at radius 3 is 3.18 bits per heavy atom. The van der Waals surface area contributed by atoms with Crippen LogP contribution in [0.5, 0.6) is 5.88 Å². The number of rotatable bonds is 4. The number of nitrogens with zero attached hydrogens (tertiary/aromatic N) is 2. The highest BCUT2D eigenvalue weighted by atomic mass is 16.5. The predicted molar refractivity (Wildman–Crippen MR) is 68.1 cm³/mol. The average molecular weight is 235 g/mol.